The number of aromatic nitrogens is 1. The highest BCUT2D eigenvalue weighted by Crippen LogP contribution is 2.30. The van der Waals surface area contributed by atoms with Gasteiger partial charge < -0.3 is 14.5 Å². The Labute approximate surface area is 178 Å². The van der Waals surface area contributed by atoms with Crippen molar-refractivity contribution in [3.05, 3.63) is 33.4 Å². The molecule has 0 fully saturated rings. The molecule has 0 spiro atoms. The molecule has 6 nitrogen and oxygen atoms in total. The number of carbonyl (C=O) groups excluding carboxylic acids is 2. The lowest BCUT2D eigenvalue weighted by Gasteiger charge is -2.28. The van der Waals surface area contributed by atoms with Crippen LogP contribution in [-0.4, -0.2) is 39.8 Å². The van der Waals surface area contributed by atoms with Gasteiger partial charge in [-0.2, -0.15) is 0 Å². The van der Waals surface area contributed by atoms with Crippen molar-refractivity contribution in [1.29, 1.82) is 0 Å². The summed E-state index contributed by atoms with van der Waals surface area (Å²) in [5.74, 6) is 0. The zero-order chi connectivity index (χ0) is 21.3. The fourth-order valence-corrected chi connectivity index (χ4v) is 3.47. The first kappa shape index (κ1) is 22.6. The first-order valence-corrected chi connectivity index (χ1v) is 10.1. The molecular formula is C20H26BrClN2O4. The van der Waals surface area contributed by atoms with E-state index in [0.717, 1.165) is 25.8 Å². The van der Waals surface area contributed by atoms with Crippen LogP contribution < -0.4 is 0 Å². The molecule has 1 heterocycles. The highest BCUT2D eigenvalue weighted by atomic mass is 79.9. The maximum atomic E-state index is 12.6. The highest BCUT2D eigenvalue weighted by molar-refractivity contribution is 9.10. The van der Waals surface area contributed by atoms with Gasteiger partial charge >= 0.3 is 12.2 Å². The quantitative estimate of drug-likeness (QED) is 0.568. The molecule has 0 aliphatic rings. The summed E-state index contributed by atoms with van der Waals surface area (Å²) < 4.78 is 11.6. The van der Waals surface area contributed by atoms with Crippen molar-refractivity contribution < 1.29 is 19.1 Å². The monoisotopic (exact) mass is 472 g/mol. The van der Waals surface area contributed by atoms with Crippen LogP contribution in [0.15, 0.2) is 22.8 Å². The van der Waals surface area contributed by atoms with Crippen molar-refractivity contribution in [2.75, 3.05) is 6.54 Å². The highest BCUT2D eigenvalue weighted by Gasteiger charge is 2.31. The van der Waals surface area contributed by atoms with Gasteiger partial charge in [-0.05, 0) is 81.6 Å². The first-order valence-electron chi connectivity index (χ1n) is 8.95. The Kier molecular flexibility index (Phi) is 6.71. The van der Waals surface area contributed by atoms with E-state index in [9.17, 15) is 9.59 Å². The number of H-pyrrole nitrogens is 1. The van der Waals surface area contributed by atoms with Crippen LogP contribution in [0.5, 0.6) is 0 Å². The number of benzene rings is 1. The van der Waals surface area contributed by atoms with Gasteiger partial charge in [-0.15, -0.1) is 0 Å². The maximum absolute atomic E-state index is 12.6. The van der Waals surface area contributed by atoms with E-state index >= 15 is 0 Å². The summed E-state index contributed by atoms with van der Waals surface area (Å²) in [5.41, 5.74) is 0.378. The van der Waals surface area contributed by atoms with Gasteiger partial charge in [-0.1, -0.05) is 11.6 Å². The third-order valence-corrected chi connectivity index (χ3v) is 4.47. The molecule has 1 aromatic carbocycles. The molecule has 0 saturated heterocycles. The van der Waals surface area contributed by atoms with Gasteiger partial charge in [-0.25, -0.2) is 14.5 Å². The van der Waals surface area contributed by atoms with Crippen molar-refractivity contribution in [3.8, 4) is 0 Å². The van der Waals surface area contributed by atoms with Crippen LogP contribution >= 0.6 is 27.5 Å². The molecule has 0 radical (unpaired) electrons. The van der Waals surface area contributed by atoms with E-state index in [1.807, 2.05) is 12.3 Å². The molecule has 154 valence electrons. The number of nitrogens with one attached hydrogen (secondary N) is 1. The smallest absolute Gasteiger partial charge is 0.419 e. The van der Waals surface area contributed by atoms with E-state index in [0.29, 0.717) is 11.4 Å². The number of halogens is 2. The van der Waals surface area contributed by atoms with E-state index in [2.05, 4.69) is 20.9 Å². The van der Waals surface area contributed by atoms with E-state index in [4.69, 9.17) is 21.1 Å². The largest absolute Gasteiger partial charge is 0.443 e. The minimum atomic E-state index is -0.735. The summed E-state index contributed by atoms with van der Waals surface area (Å²) in [6.07, 6.45) is 0.793. The molecule has 0 aliphatic carbocycles. The normalized spacial score (nSPS) is 12.1. The van der Waals surface area contributed by atoms with Gasteiger partial charge in [0.15, 0.2) is 0 Å². The van der Waals surface area contributed by atoms with Crippen molar-refractivity contribution in [3.63, 3.8) is 0 Å². The summed E-state index contributed by atoms with van der Waals surface area (Å²) in [7, 11) is 0. The molecule has 2 rings (SSSR count). The van der Waals surface area contributed by atoms with Gasteiger partial charge in [-0.3, -0.25) is 0 Å². The molecule has 0 bridgehead atoms. The second kappa shape index (κ2) is 8.33. The van der Waals surface area contributed by atoms with Crippen LogP contribution in [0.2, 0.25) is 5.02 Å². The number of fused-ring (bicyclic) bond motifs is 1. The predicted molar refractivity (Wildman–Crippen MR) is 114 cm³/mol. The predicted octanol–water partition coefficient (Wildman–Crippen LogP) is 6.30. The van der Waals surface area contributed by atoms with Crippen LogP contribution in [0.1, 0.15) is 47.1 Å². The molecule has 0 saturated carbocycles. The first-order chi connectivity index (χ1) is 12.8. The van der Waals surface area contributed by atoms with Crippen LogP contribution in [0.4, 0.5) is 9.59 Å². The lowest BCUT2D eigenvalue weighted by molar-refractivity contribution is 0.00172. The minimum Gasteiger partial charge on any atom is -0.443 e. The van der Waals surface area contributed by atoms with Gasteiger partial charge in [0.25, 0.3) is 0 Å². The summed E-state index contributed by atoms with van der Waals surface area (Å²) in [6.45, 7) is 10.6. The number of nitrogens with zero attached hydrogens (tertiary/aromatic N) is 1. The van der Waals surface area contributed by atoms with Crippen LogP contribution in [-0.2, 0) is 15.9 Å². The van der Waals surface area contributed by atoms with Crippen LogP contribution in [0, 0.1) is 0 Å². The lowest BCUT2D eigenvalue weighted by Crippen LogP contribution is -2.44. The molecular weight excluding hydrogens is 448 g/mol. The zero-order valence-electron chi connectivity index (χ0n) is 17.0. The molecule has 8 heteroatoms. The lowest BCUT2D eigenvalue weighted by atomic mass is 10.1. The fourth-order valence-electron chi connectivity index (χ4n) is 2.54. The van der Waals surface area contributed by atoms with Gasteiger partial charge in [0, 0.05) is 27.6 Å². The van der Waals surface area contributed by atoms with Crippen molar-refractivity contribution in [2.24, 2.45) is 0 Å². The standard InChI is InChI=1S/C20H26BrClN2O4/c1-19(2,3)27-17(25)24(18(26)28-20(4,5)6)8-7-12-11-23-16-14(12)9-13(22)10-15(16)21/h9-11,23H,7-8H2,1-6H3. The van der Waals surface area contributed by atoms with Crippen LogP contribution in [0.3, 0.4) is 0 Å². The number of amides is 2. The SMILES string of the molecule is CC(C)(C)OC(=O)N(CCc1c[nH]c2c(Br)cc(Cl)cc12)C(=O)OC(C)(C)C. The molecule has 2 aromatic rings. The number of hydrogen-bond donors (Lipinski definition) is 1. The Balaban J connectivity index is 2.25. The summed E-state index contributed by atoms with van der Waals surface area (Å²) in [4.78, 5) is 29.3. The molecule has 0 unspecified atom stereocenters. The molecule has 1 N–H and O–H groups in total. The maximum Gasteiger partial charge on any atom is 0.419 e. The van der Waals surface area contributed by atoms with E-state index in [1.54, 1.807) is 47.6 Å². The Hall–Kier alpha value is -1.73. The van der Waals surface area contributed by atoms with Crippen molar-refractivity contribution >= 4 is 50.6 Å². The zero-order valence-corrected chi connectivity index (χ0v) is 19.3. The molecule has 2 amide bonds. The van der Waals surface area contributed by atoms with Gasteiger partial charge in [0.1, 0.15) is 11.2 Å². The molecule has 1 aromatic heterocycles. The van der Waals surface area contributed by atoms with Crippen LogP contribution in [0.25, 0.3) is 10.9 Å². The average Bonchev–Trinajstić information content (AvgIpc) is 2.87. The summed E-state index contributed by atoms with van der Waals surface area (Å²) in [5, 5.41) is 1.52. The van der Waals surface area contributed by atoms with Gasteiger partial charge in [0.2, 0.25) is 0 Å². The number of carbonyl (C=O) groups is 2. The van der Waals surface area contributed by atoms with E-state index < -0.39 is 23.4 Å². The second-order valence-corrected chi connectivity index (χ2v) is 9.78. The molecule has 28 heavy (non-hydrogen) atoms. The van der Waals surface area contributed by atoms with E-state index in [1.165, 1.54) is 0 Å². The van der Waals surface area contributed by atoms with Crippen molar-refractivity contribution in [1.82, 2.24) is 9.88 Å². The summed E-state index contributed by atoms with van der Waals surface area (Å²) in [6, 6.07) is 3.65. The Bertz CT molecular complexity index is 853. The number of aromatic amines is 1. The summed E-state index contributed by atoms with van der Waals surface area (Å²) >= 11 is 9.64. The fraction of sp³-hybridized carbons (Fsp3) is 0.500. The topological polar surface area (TPSA) is 71.6 Å². The minimum absolute atomic E-state index is 0.112. The Morgan fingerprint density at radius 1 is 1.07 bits per heavy atom. The van der Waals surface area contributed by atoms with Crippen molar-refractivity contribution in [2.45, 2.75) is 59.2 Å². The number of ether oxygens (including phenoxy) is 2. The molecule has 0 atom stereocenters. The third-order valence-electron chi connectivity index (χ3n) is 3.62. The number of imide groups is 1. The number of rotatable bonds is 3. The van der Waals surface area contributed by atoms with Gasteiger partial charge in [0.05, 0.1) is 5.52 Å². The molecule has 0 aliphatic heterocycles. The second-order valence-electron chi connectivity index (χ2n) is 8.49. The average molecular weight is 474 g/mol. The Morgan fingerprint density at radius 3 is 2.11 bits per heavy atom. The third kappa shape index (κ3) is 6.14. The van der Waals surface area contributed by atoms with E-state index in [-0.39, 0.29) is 6.54 Å². The number of hydrogen-bond acceptors (Lipinski definition) is 4. The Morgan fingerprint density at radius 2 is 1.61 bits per heavy atom.